The maximum atomic E-state index is 13.5. The van der Waals surface area contributed by atoms with Crippen LogP contribution in [-0.4, -0.2) is 5.78 Å². The van der Waals surface area contributed by atoms with Crippen LogP contribution in [0.2, 0.25) is 0 Å². The van der Waals surface area contributed by atoms with E-state index in [2.05, 4.69) is 15.9 Å². The van der Waals surface area contributed by atoms with Crippen LogP contribution in [-0.2, 0) is 0 Å². The molecule has 0 atom stereocenters. The molecule has 18 heavy (non-hydrogen) atoms. The maximum Gasteiger partial charge on any atom is 0.199 e. The van der Waals surface area contributed by atoms with Crippen molar-refractivity contribution in [2.24, 2.45) is 0 Å². The molecule has 0 radical (unpaired) electrons. The molecule has 1 nitrogen and oxygen atoms in total. The Labute approximate surface area is 112 Å². The van der Waals surface area contributed by atoms with Crippen molar-refractivity contribution >= 4 is 21.7 Å². The lowest BCUT2D eigenvalue weighted by molar-refractivity contribution is 0.103. The lowest BCUT2D eigenvalue weighted by Crippen LogP contribution is -2.09. The summed E-state index contributed by atoms with van der Waals surface area (Å²) in [5.41, 5.74) is 0.428. The molecule has 0 aliphatic rings. The molecule has 0 spiro atoms. The highest BCUT2D eigenvalue weighted by molar-refractivity contribution is 9.10. The Kier molecular flexibility index (Phi) is 3.57. The quantitative estimate of drug-likeness (QED) is 0.757. The Morgan fingerprint density at radius 2 is 1.61 bits per heavy atom. The third kappa shape index (κ3) is 2.20. The van der Waals surface area contributed by atoms with Crippen LogP contribution in [0.25, 0.3) is 0 Å². The lowest BCUT2D eigenvalue weighted by Gasteiger charge is -2.08. The Balaban J connectivity index is 2.59. The van der Waals surface area contributed by atoms with E-state index in [1.165, 1.54) is 6.07 Å². The van der Waals surface area contributed by atoms with Gasteiger partial charge in [-0.15, -0.1) is 0 Å². The summed E-state index contributed by atoms with van der Waals surface area (Å²) in [7, 11) is 0. The van der Waals surface area contributed by atoms with E-state index in [4.69, 9.17) is 0 Å². The molecule has 0 saturated heterocycles. The number of hydrogen-bond acceptors (Lipinski definition) is 1. The van der Waals surface area contributed by atoms with E-state index in [0.29, 0.717) is 5.56 Å². The minimum Gasteiger partial charge on any atom is -0.288 e. The van der Waals surface area contributed by atoms with Gasteiger partial charge in [-0.05, 0) is 30.7 Å². The first-order valence-electron chi connectivity index (χ1n) is 5.26. The van der Waals surface area contributed by atoms with Crippen LogP contribution in [0, 0.1) is 18.6 Å². The molecule has 0 aliphatic heterocycles. The van der Waals surface area contributed by atoms with Gasteiger partial charge in [0, 0.05) is 10.0 Å². The largest absolute Gasteiger partial charge is 0.288 e. The second-order valence-electron chi connectivity index (χ2n) is 3.84. The second kappa shape index (κ2) is 4.98. The van der Waals surface area contributed by atoms with Gasteiger partial charge in [0.2, 0.25) is 0 Å². The molecule has 4 heteroatoms. The number of halogens is 3. The van der Waals surface area contributed by atoms with E-state index < -0.39 is 23.0 Å². The average Bonchev–Trinajstić information content (AvgIpc) is 2.32. The summed E-state index contributed by atoms with van der Waals surface area (Å²) in [5.74, 6) is -2.34. The number of rotatable bonds is 2. The van der Waals surface area contributed by atoms with Crippen LogP contribution in [0.3, 0.4) is 0 Å². The van der Waals surface area contributed by atoms with Crippen molar-refractivity contribution in [2.45, 2.75) is 6.92 Å². The van der Waals surface area contributed by atoms with E-state index in [1.807, 2.05) is 0 Å². The molecule has 0 amide bonds. The van der Waals surface area contributed by atoms with E-state index >= 15 is 0 Å². The Morgan fingerprint density at radius 1 is 1.06 bits per heavy atom. The van der Waals surface area contributed by atoms with E-state index in [9.17, 15) is 13.6 Å². The molecule has 0 saturated carbocycles. The van der Waals surface area contributed by atoms with Crippen molar-refractivity contribution < 1.29 is 13.6 Å². The van der Waals surface area contributed by atoms with Crippen molar-refractivity contribution in [1.82, 2.24) is 0 Å². The molecule has 0 heterocycles. The third-order valence-electron chi connectivity index (χ3n) is 2.70. The molecule has 0 unspecified atom stereocenters. The highest BCUT2D eigenvalue weighted by atomic mass is 79.9. The summed E-state index contributed by atoms with van der Waals surface area (Å²) in [6.45, 7) is 1.72. The molecule has 0 aromatic heterocycles. The number of carbonyl (C=O) groups is 1. The molecule has 0 fully saturated rings. The van der Waals surface area contributed by atoms with Crippen LogP contribution >= 0.6 is 15.9 Å². The molecular weight excluding hydrogens is 302 g/mol. The minimum atomic E-state index is -0.848. The van der Waals surface area contributed by atoms with Gasteiger partial charge in [0.15, 0.2) is 5.78 Å². The highest BCUT2D eigenvalue weighted by Crippen LogP contribution is 2.24. The Hall–Kier alpha value is -1.55. The zero-order valence-corrected chi connectivity index (χ0v) is 11.1. The third-order valence-corrected chi connectivity index (χ3v) is 3.56. The van der Waals surface area contributed by atoms with Gasteiger partial charge in [0.25, 0.3) is 0 Å². The number of hydrogen-bond donors (Lipinski definition) is 0. The summed E-state index contributed by atoms with van der Waals surface area (Å²) < 4.78 is 27.8. The van der Waals surface area contributed by atoms with Crippen LogP contribution in [0.1, 0.15) is 21.5 Å². The van der Waals surface area contributed by atoms with Crippen LogP contribution in [0.4, 0.5) is 8.78 Å². The zero-order chi connectivity index (χ0) is 13.3. The van der Waals surface area contributed by atoms with Gasteiger partial charge in [-0.3, -0.25) is 4.79 Å². The summed E-state index contributed by atoms with van der Waals surface area (Å²) in [4.78, 5) is 12.2. The average molecular weight is 311 g/mol. The Bertz CT molecular complexity index is 603. The topological polar surface area (TPSA) is 17.1 Å². The summed E-state index contributed by atoms with van der Waals surface area (Å²) >= 11 is 3.28. The lowest BCUT2D eigenvalue weighted by atomic mass is 9.98. The maximum absolute atomic E-state index is 13.5. The number of carbonyl (C=O) groups excluding carboxylic acids is 1. The van der Waals surface area contributed by atoms with E-state index in [0.717, 1.165) is 16.6 Å². The molecule has 2 aromatic carbocycles. The molecule has 2 rings (SSSR count). The monoisotopic (exact) mass is 310 g/mol. The van der Waals surface area contributed by atoms with E-state index in [-0.39, 0.29) is 5.56 Å². The van der Waals surface area contributed by atoms with Crippen LogP contribution < -0.4 is 0 Å². The standard InChI is InChI=1S/C14H9BrF2O/c1-8-9(4-2-5-10(8)15)14(18)13-11(16)6-3-7-12(13)17/h2-7H,1H3. The number of benzene rings is 2. The van der Waals surface area contributed by atoms with E-state index in [1.54, 1.807) is 25.1 Å². The molecule has 2 aromatic rings. The molecular formula is C14H9BrF2O. The first-order chi connectivity index (χ1) is 8.52. The molecule has 92 valence electrons. The van der Waals surface area contributed by atoms with Crippen molar-refractivity contribution in [2.75, 3.05) is 0 Å². The van der Waals surface area contributed by atoms with Crippen molar-refractivity contribution in [3.63, 3.8) is 0 Å². The predicted octanol–water partition coefficient (Wildman–Crippen LogP) is 4.27. The van der Waals surface area contributed by atoms with Crippen molar-refractivity contribution in [1.29, 1.82) is 0 Å². The fourth-order valence-electron chi connectivity index (χ4n) is 1.70. The van der Waals surface area contributed by atoms with Gasteiger partial charge in [-0.25, -0.2) is 8.78 Å². The first kappa shape index (κ1) is 12.9. The molecule has 0 bridgehead atoms. The number of ketones is 1. The van der Waals surface area contributed by atoms with Crippen LogP contribution in [0.15, 0.2) is 40.9 Å². The molecule has 0 aliphatic carbocycles. The summed E-state index contributed by atoms with van der Waals surface area (Å²) in [5, 5.41) is 0. The Morgan fingerprint density at radius 3 is 2.22 bits per heavy atom. The van der Waals surface area contributed by atoms with Gasteiger partial charge in [-0.2, -0.15) is 0 Å². The first-order valence-corrected chi connectivity index (χ1v) is 6.05. The highest BCUT2D eigenvalue weighted by Gasteiger charge is 2.20. The summed E-state index contributed by atoms with van der Waals surface area (Å²) in [6.07, 6.45) is 0. The normalized spacial score (nSPS) is 10.4. The van der Waals surface area contributed by atoms with Gasteiger partial charge in [0.1, 0.15) is 11.6 Å². The minimum absolute atomic E-state index is 0.286. The fourth-order valence-corrected chi connectivity index (χ4v) is 2.07. The smallest absolute Gasteiger partial charge is 0.199 e. The fraction of sp³-hybridized carbons (Fsp3) is 0.0714. The van der Waals surface area contributed by atoms with Crippen molar-refractivity contribution in [3.05, 3.63) is 69.2 Å². The van der Waals surface area contributed by atoms with Gasteiger partial charge in [0.05, 0.1) is 5.56 Å². The zero-order valence-electron chi connectivity index (χ0n) is 9.51. The summed E-state index contributed by atoms with van der Waals surface area (Å²) in [6, 6.07) is 8.35. The molecule has 0 N–H and O–H groups in total. The SMILES string of the molecule is Cc1c(Br)cccc1C(=O)c1c(F)cccc1F. The van der Waals surface area contributed by atoms with Gasteiger partial charge in [-0.1, -0.05) is 34.1 Å². The van der Waals surface area contributed by atoms with Gasteiger partial charge >= 0.3 is 0 Å². The predicted molar refractivity (Wildman–Crippen MR) is 68.7 cm³/mol. The second-order valence-corrected chi connectivity index (χ2v) is 4.69. The van der Waals surface area contributed by atoms with Crippen molar-refractivity contribution in [3.8, 4) is 0 Å². The van der Waals surface area contributed by atoms with Gasteiger partial charge < -0.3 is 0 Å². The van der Waals surface area contributed by atoms with Crippen LogP contribution in [0.5, 0.6) is 0 Å².